The normalized spacial score (nSPS) is 18.0. The second kappa shape index (κ2) is 8.55. The summed E-state index contributed by atoms with van der Waals surface area (Å²) in [4.78, 5) is 22.9. The minimum Gasteiger partial charge on any atom is -0.383 e. The Kier molecular flexibility index (Phi) is 5.92. The van der Waals surface area contributed by atoms with Crippen LogP contribution in [0.4, 0.5) is 5.82 Å². The lowest BCUT2D eigenvalue weighted by Crippen LogP contribution is -2.47. The number of morpholine rings is 1. The maximum Gasteiger partial charge on any atom is 0.221 e. The van der Waals surface area contributed by atoms with E-state index >= 15 is 0 Å². The highest BCUT2D eigenvalue weighted by Crippen LogP contribution is 2.17. The van der Waals surface area contributed by atoms with Crippen molar-refractivity contribution in [3.63, 3.8) is 0 Å². The number of hydrogen-bond acceptors (Lipinski definition) is 6. The van der Waals surface area contributed by atoms with Gasteiger partial charge in [0.25, 0.3) is 0 Å². The van der Waals surface area contributed by atoms with Gasteiger partial charge in [0.2, 0.25) is 5.91 Å². The first-order chi connectivity index (χ1) is 12.2. The standard InChI is InChI=1S/C18H23N5O2/c19-18-14(4-3-7-21-18)12-23-8-9-25-13-16(23)10-17(24)22-11-15-5-1-2-6-20-15/h1-7,16H,8-13H2,(H2,19,21)(H,22,24)/t16-/m0/s1. The van der Waals surface area contributed by atoms with Gasteiger partial charge in [0.05, 0.1) is 25.5 Å². The molecule has 0 saturated carbocycles. The zero-order valence-electron chi connectivity index (χ0n) is 14.1. The molecule has 0 aliphatic carbocycles. The van der Waals surface area contributed by atoms with Crippen LogP contribution in [0.5, 0.6) is 0 Å². The van der Waals surface area contributed by atoms with E-state index in [2.05, 4.69) is 20.2 Å². The third-order valence-corrected chi connectivity index (χ3v) is 4.26. The fourth-order valence-corrected chi connectivity index (χ4v) is 2.87. The first-order valence-electron chi connectivity index (χ1n) is 8.40. The summed E-state index contributed by atoms with van der Waals surface area (Å²) in [6.45, 7) is 3.07. The predicted molar refractivity (Wildman–Crippen MR) is 94.4 cm³/mol. The van der Waals surface area contributed by atoms with E-state index in [9.17, 15) is 4.79 Å². The number of rotatable bonds is 6. The Labute approximate surface area is 147 Å². The summed E-state index contributed by atoms with van der Waals surface area (Å²) in [5.74, 6) is 0.526. The molecule has 0 unspecified atom stereocenters. The number of anilines is 1. The van der Waals surface area contributed by atoms with Crippen LogP contribution in [0.1, 0.15) is 17.7 Å². The molecule has 2 aromatic heterocycles. The largest absolute Gasteiger partial charge is 0.383 e. The summed E-state index contributed by atoms with van der Waals surface area (Å²) in [6.07, 6.45) is 3.78. The van der Waals surface area contributed by atoms with Gasteiger partial charge in [-0.15, -0.1) is 0 Å². The molecular formula is C18H23N5O2. The van der Waals surface area contributed by atoms with Gasteiger partial charge in [-0.05, 0) is 18.2 Å². The average Bonchev–Trinajstić information content (AvgIpc) is 2.64. The molecule has 1 amide bonds. The van der Waals surface area contributed by atoms with Gasteiger partial charge >= 0.3 is 0 Å². The number of nitrogens with two attached hydrogens (primary N) is 1. The van der Waals surface area contributed by atoms with E-state index in [0.29, 0.717) is 38.5 Å². The van der Waals surface area contributed by atoms with Crippen LogP contribution < -0.4 is 11.1 Å². The number of nitrogen functional groups attached to an aromatic ring is 1. The van der Waals surface area contributed by atoms with E-state index in [4.69, 9.17) is 10.5 Å². The van der Waals surface area contributed by atoms with Gasteiger partial charge in [-0.25, -0.2) is 4.98 Å². The van der Waals surface area contributed by atoms with Crippen molar-refractivity contribution in [2.45, 2.75) is 25.6 Å². The Morgan fingerprint density at radius 2 is 2.16 bits per heavy atom. The highest BCUT2D eigenvalue weighted by atomic mass is 16.5. The summed E-state index contributed by atoms with van der Waals surface area (Å²) < 4.78 is 5.56. The van der Waals surface area contributed by atoms with Crippen molar-refractivity contribution in [2.24, 2.45) is 0 Å². The number of amides is 1. The van der Waals surface area contributed by atoms with Crippen molar-refractivity contribution in [3.8, 4) is 0 Å². The fraction of sp³-hybridized carbons (Fsp3) is 0.389. The molecule has 7 heteroatoms. The summed E-state index contributed by atoms with van der Waals surface area (Å²) in [7, 11) is 0. The Morgan fingerprint density at radius 3 is 2.96 bits per heavy atom. The second-order valence-corrected chi connectivity index (χ2v) is 6.05. The lowest BCUT2D eigenvalue weighted by Gasteiger charge is -2.35. The van der Waals surface area contributed by atoms with Gasteiger partial charge in [-0.2, -0.15) is 0 Å². The molecule has 1 aliphatic rings. The molecule has 7 nitrogen and oxygen atoms in total. The van der Waals surface area contributed by atoms with Crippen LogP contribution in [0.2, 0.25) is 0 Å². The van der Waals surface area contributed by atoms with Crippen LogP contribution in [0.3, 0.4) is 0 Å². The smallest absolute Gasteiger partial charge is 0.221 e. The molecular weight excluding hydrogens is 318 g/mol. The van der Waals surface area contributed by atoms with E-state index in [-0.39, 0.29) is 11.9 Å². The van der Waals surface area contributed by atoms with Crippen molar-refractivity contribution >= 4 is 11.7 Å². The molecule has 1 fully saturated rings. The lowest BCUT2D eigenvalue weighted by molar-refractivity contribution is -0.124. The van der Waals surface area contributed by atoms with Crippen molar-refractivity contribution in [1.82, 2.24) is 20.2 Å². The maximum atomic E-state index is 12.3. The summed E-state index contributed by atoms with van der Waals surface area (Å²) in [5.41, 5.74) is 7.76. The van der Waals surface area contributed by atoms with Gasteiger partial charge < -0.3 is 15.8 Å². The van der Waals surface area contributed by atoms with Crippen molar-refractivity contribution < 1.29 is 9.53 Å². The van der Waals surface area contributed by atoms with E-state index in [1.165, 1.54) is 0 Å². The van der Waals surface area contributed by atoms with Crippen molar-refractivity contribution in [1.29, 1.82) is 0 Å². The van der Waals surface area contributed by atoms with Gasteiger partial charge in [0.1, 0.15) is 5.82 Å². The molecule has 25 heavy (non-hydrogen) atoms. The number of nitrogens with zero attached hydrogens (tertiary/aromatic N) is 3. The Bertz CT molecular complexity index is 695. The number of aromatic nitrogens is 2. The van der Waals surface area contributed by atoms with E-state index in [0.717, 1.165) is 17.8 Å². The number of carbonyl (C=O) groups is 1. The summed E-state index contributed by atoms with van der Waals surface area (Å²) in [6, 6.07) is 9.52. The lowest BCUT2D eigenvalue weighted by atomic mass is 10.1. The van der Waals surface area contributed by atoms with Gasteiger partial charge in [0, 0.05) is 43.5 Å². The molecule has 0 radical (unpaired) electrons. The zero-order chi connectivity index (χ0) is 17.5. The topological polar surface area (TPSA) is 93.4 Å². The molecule has 3 rings (SSSR count). The molecule has 0 aromatic carbocycles. The van der Waals surface area contributed by atoms with Crippen LogP contribution in [0, 0.1) is 0 Å². The average molecular weight is 341 g/mol. The Balaban J connectivity index is 1.55. The summed E-state index contributed by atoms with van der Waals surface area (Å²) in [5, 5.41) is 2.92. The van der Waals surface area contributed by atoms with E-state index in [1.54, 1.807) is 12.4 Å². The minimum absolute atomic E-state index is 0.00897. The highest BCUT2D eigenvalue weighted by Gasteiger charge is 2.26. The third kappa shape index (κ3) is 4.98. The highest BCUT2D eigenvalue weighted by molar-refractivity contribution is 5.76. The minimum atomic E-state index is -0.00897. The predicted octanol–water partition coefficient (Wildman–Crippen LogP) is 0.966. The third-order valence-electron chi connectivity index (χ3n) is 4.26. The number of carbonyl (C=O) groups excluding carboxylic acids is 1. The molecule has 1 saturated heterocycles. The van der Waals surface area contributed by atoms with E-state index in [1.807, 2.05) is 30.3 Å². The maximum absolute atomic E-state index is 12.3. The molecule has 0 bridgehead atoms. The molecule has 0 spiro atoms. The van der Waals surface area contributed by atoms with Crippen LogP contribution in [0.25, 0.3) is 0 Å². The number of nitrogens with one attached hydrogen (secondary N) is 1. The molecule has 3 heterocycles. The fourth-order valence-electron chi connectivity index (χ4n) is 2.87. The molecule has 1 aliphatic heterocycles. The van der Waals surface area contributed by atoms with Crippen molar-refractivity contribution in [3.05, 3.63) is 54.0 Å². The first kappa shape index (κ1) is 17.3. The zero-order valence-corrected chi connectivity index (χ0v) is 14.1. The molecule has 1 atom stereocenters. The number of pyridine rings is 2. The number of ether oxygens (including phenoxy) is 1. The SMILES string of the molecule is Nc1ncccc1CN1CCOC[C@@H]1CC(=O)NCc1ccccn1. The Hall–Kier alpha value is -2.51. The number of hydrogen-bond donors (Lipinski definition) is 2. The second-order valence-electron chi connectivity index (χ2n) is 6.05. The molecule has 2 aromatic rings. The quantitative estimate of drug-likeness (QED) is 0.813. The van der Waals surface area contributed by atoms with Crippen LogP contribution >= 0.6 is 0 Å². The van der Waals surface area contributed by atoms with Gasteiger partial charge in [-0.1, -0.05) is 12.1 Å². The van der Waals surface area contributed by atoms with Crippen LogP contribution in [-0.2, 0) is 22.6 Å². The van der Waals surface area contributed by atoms with Crippen molar-refractivity contribution in [2.75, 3.05) is 25.5 Å². The van der Waals surface area contributed by atoms with E-state index < -0.39 is 0 Å². The Morgan fingerprint density at radius 1 is 1.28 bits per heavy atom. The van der Waals surface area contributed by atoms with Gasteiger partial charge in [0.15, 0.2) is 0 Å². The molecule has 132 valence electrons. The summed E-state index contributed by atoms with van der Waals surface area (Å²) >= 11 is 0. The van der Waals surface area contributed by atoms with Crippen LogP contribution in [0.15, 0.2) is 42.7 Å². The van der Waals surface area contributed by atoms with Crippen LogP contribution in [-0.4, -0.2) is 46.6 Å². The van der Waals surface area contributed by atoms with Gasteiger partial charge in [-0.3, -0.25) is 14.7 Å². The monoisotopic (exact) mass is 341 g/mol. The molecule has 3 N–H and O–H groups in total. The first-order valence-corrected chi connectivity index (χ1v) is 8.40.